The maximum absolute atomic E-state index is 14.6. The van der Waals surface area contributed by atoms with E-state index < -0.39 is 18.3 Å². The summed E-state index contributed by atoms with van der Waals surface area (Å²) < 4.78 is 20.2. The zero-order valence-corrected chi connectivity index (χ0v) is 23.1. The number of fused-ring (bicyclic) bond motifs is 1. The van der Waals surface area contributed by atoms with Gasteiger partial charge in [-0.05, 0) is 57.9 Å². The molecule has 2 amide bonds. The Hall–Kier alpha value is -1.41. The number of rotatable bonds is 6. The Bertz CT molecular complexity index is 839. The number of quaternary nitrogens is 1. The molecule has 0 aromatic heterocycles. The Labute approximate surface area is 226 Å². The summed E-state index contributed by atoms with van der Waals surface area (Å²) in [6.45, 7) is 8.60. The third-order valence-corrected chi connectivity index (χ3v) is 9.24. The van der Waals surface area contributed by atoms with Crippen LogP contribution < -0.4 is 16.4 Å². The van der Waals surface area contributed by atoms with Crippen LogP contribution in [0.2, 0.25) is 0 Å². The van der Waals surface area contributed by atoms with Crippen LogP contribution in [0.15, 0.2) is 0 Å². The second-order valence-electron chi connectivity index (χ2n) is 12.0. The number of hydrogen-bond donors (Lipinski definition) is 3. The first-order valence-corrected chi connectivity index (χ1v) is 14.6. The fraction of sp³-hybridized carbons (Fsp3) is 0.923. The number of nitrogens with one attached hydrogen (secondary N) is 2. The molecule has 38 heavy (non-hydrogen) atoms. The summed E-state index contributed by atoms with van der Waals surface area (Å²) in [7, 11) is 1.90. The summed E-state index contributed by atoms with van der Waals surface area (Å²) >= 11 is 0. The van der Waals surface area contributed by atoms with Crippen molar-refractivity contribution in [2.75, 3.05) is 72.7 Å². The van der Waals surface area contributed by atoms with Gasteiger partial charge in [0.15, 0.2) is 6.17 Å². The number of carbonyl (C=O) groups is 2. The smallest absolute Gasteiger partial charge is 0.230 e. The molecule has 7 atom stereocenters. The van der Waals surface area contributed by atoms with Gasteiger partial charge in [0.25, 0.3) is 0 Å². The lowest BCUT2D eigenvalue weighted by atomic mass is 9.90. The van der Waals surface area contributed by atoms with Crippen molar-refractivity contribution in [2.45, 2.75) is 69.6 Å². The highest BCUT2D eigenvalue weighted by molar-refractivity contribution is 5.81. The topological polar surface area (TPSA) is 117 Å². The van der Waals surface area contributed by atoms with Crippen molar-refractivity contribution >= 4 is 11.8 Å². The van der Waals surface area contributed by atoms with E-state index in [0.717, 1.165) is 71.4 Å². The molecule has 5 rings (SSSR count). The van der Waals surface area contributed by atoms with Crippen LogP contribution in [0, 0.1) is 11.8 Å². The normalized spacial score (nSPS) is 39.6. The van der Waals surface area contributed by atoms with Gasteiger partial charge in [-0.25, -0.2) is 4.39 Å². The molecule has 7 unspecified atom stereocenters. The summed E-state index contributed by atoms with van der Waals surface area (Å²) in [6, 6.07) is 0.154. The van der Waals surface area contributed by atoms with E-state index in [1.54, 1.807) is 0 Å². The van der Waals surface area contributed by atoms with Gasteiger partial charge in [0.1, 0.15) is 25.4 Å². The first kappa shape index (κ1) is 28.1. The van der Waals surface area contributed by atoms with Crippen LogP contribution in [-0.4, -0.2) is 134 Å². The Morgan fingerprint density at radius 1 is 1.24 bits per heavy atom. The minimum atomic E-state index is -0.982. The highest BCUT2D eigenvalue weighted by atomic mass is 19.1. The number of halogens is 1. The van der Waals surface area contributed by atoms with Crippen LogP contribution in [-0.2, 0) is 14.3 Å². The lowest BCUT2D eigenvalue weighted by molar-refractivity contribution is -0.912. The molecule has 11 nitrogen and oxygen atoms in total. The predicted molar refractivity (Wildman–Crippen MR) is 141 cm³/mol. The summed E-state index contributed by atoms with van der Waals surface area (Å²) in [6.07, 6.45) is 2.50. The minimum Gasteiger partial charge on any atom is -0.434 e. The highest BCUT2D eigenvalue weighted by Gasteiger charge is 2.53. The van der Waals surface area contributed by atoms with Gasteiger partial charge < -0.3 is 36.0 Å². The lowest BCUT2D eigenvalue weighted by Crippen LogP contribution is -2.67. The van der Waals surface area contributed by atoms with E-state index in [2.05, 4.69) is 27.4 Å². The second kappa shape index (κ2) is 12.0. The summed E-state index contributed by atoms with van der Waals surface area (Å²) in [5.41, 5.74) is 11.1. The summed E-state index contributed by atoms with van der Waals surface area (Å²) in [4.78, 5) is 33.2. The van der Waals surface area contributed by atoms with Crippen molar-refractivity contribution in [3.63, 3.8) is 0 Å². The molecule has 4 N–H and O–H groups in total. The number of piperidine rings is 2. The number of amides is 2. The summed E-state index contributed by atoms with van der Waals surface area (Å²) in [5, 5.41) is 6.79. The molecule has 216 valence electrons. The first-order valence-electron chi connectivity index (χ1n) is 14.6. The van der Waals surface area contributed by atoms with Gasteiger partial charge >= 0.3 is 0 Å². The number of nitrogens with zero attached hydrogens (tertiary/aromatic N) is 5. The number of likely N-dealkylation sites (tertiary alicyclic amines) is 1. The van der Waals surface area contributed by atoms with Gasteiger partial charge in [0.05, 0.1) is 19.7 Å². The molecule has 0 aromatic carbocycles. The number of carbonyl (C=O) groups excluding carboxylic acids is 2. The van der Waals surface area contributed by atoms with Crippen molar-refractivity contribution in [1.29, 1.82) is 0 Å². The molecule has 0 spiro atoms. The largest absolute Gasteiger partial charge is 0.434 e. The highest BCUT2D eigenvalue weighted by Crippen LogP contribution is 2.41. The van der Waals surface area contributed by atoms with Crippen molar-refractivity contribution in [2.24, 2.45) is 17.6 Å². The van der Waals surface area contributed by atoms with Crippen molar-refractivity contribution in [1.82, 2.24) is 25.3 Å². The van der Waals surface area contributed by atoms with Crippen LogP contribution in [0.1, 0.15) is 39.0 Å². The zero-order valence-electron chi connectivity index (χ0n) is 23.1. The second-order valence-corrected chi connectivity index (χ2v) is 12.0. The van der Waals surface area contributed by atoms with E-state index in [9.17, 15) is 14.0 Å². The van der Waals surface area contributed by atoms with Crippen LogP contribution in [0.25, 0.3) is 5.43 Å². The van der Waals surface area contributed by atoms with Gasteiger partial charge in [-0.1, -0.05) is 6.92 Å². The first-order chi connectivity index (χ1) is 18.3. The molecule has 0 aromatic rings. The van der Waals surface area contributed by atoms with E-state index >= 15 is 0 Å². The van der Waals surface area contributed by atoms with Crippen LogP contribution in [0.5, 0.6) is 0 Å². The van der Waals surface area contributed by atoms with E-state index in [-0.39, 0.29) is 47.1 Å². The van der Waals surface area contributed by atoms with E-state index in [0.29, 0.717) is 19.8 Å². The van der Waals surface area contributed by atoms with Gasteiger partial charge in [-0.2, -0.15) is 0 Å². The standard InChI is InChI=1S/C26H47FN8O3/c1-3-9-33-15-19(27)16-35(2)25(33)22(23(28)31-35)24(36)30-20-14-29-8-5-21(20)32-11-6-18(7-12-32)26(37)34-10-4-13-38-17-34/h18-23,25,29H,3-17,28H2,1-2H3,(H,30,36). The third-order valence-electron chi connectivity index (χ3n) is 9.24. The monoisotopic (exact) mass is 538 g/mol. The molecule has 5 saturated heterocycles. The quantitative estimate of drug-likeness (QED) is 0.401. The molecule has 5 fully saturated rings. The average molecular weight is 539 g/mol. The molecule has 0 saturated carbocycles. The van der Waals surface area contributed by atoms with Crippen LogP contribution >= 0.6 is 0 Å². The molecular formula is C26H47FN8O3. The van der Waals surface area contributed by atoms with E-state index in [1.165, 1.54) is 0 Å². The average Bonchev–Trinajstić information content (AvgIpc) is 3.19. The van der Waals surface area contributed by atoms with Crippen molar-refractivity contribution < 1.29 is 23.3 Å². The molecule has 5 aliphatic rings. The molecule has 12 heteroatoms. The Balaban J connectivity index is 1.22. The fourth-order valence-corrected chi connectivity index (χ4v) is 7.54. The van der Waals surface area contributed by atoms with Crippen LogP contribution in [0.3, 0.4) is 0 Å². The van der Waals surface area contributed by atoms with Gasteiger partial charge in [0, 0.05) is 38.1 Å². The van der Waals surface area contributed by atoms with E-state index in [1.807, 2.05) is 11.9 Å². The minimum absolute atomic E-state index is 0.0476. The van der Waals surface area contributed by atoms with Crippen LogP contribution in [0.4, 0.5) is 4.39 Å². The molecule has 0 radical (unpaired) electrons. The number of hydrogen-bond acceptors (Lipinski definition) is 7. The Morgan fingerprint density at radius 2 is 2.03 bits per heavy atom. The maximum atomic E-state index is 14.6. The van der Waals surface area contributed by atoms with Crippen molar-refractivity contribution in [3.8, 4) is 0 Å². The Kier molecular flexibility index (Phi) is 8.88. The zero-order chi connectivity index (χ0) is 26.9. The molecule has 0 bridgehead atoms. The number of alkyl halides is 1. The molecule has 5 aliphatic heterocycles. The molecule has 5 heterocycles. The number of nitrogens with two attached hydrogens (primary N) is 1. The van der Waals surface area contributed by atoms with Gasteiger partial charge in [-0.3, -0.25) is 19.4 Å². The third kappa shape index (κ3) is 5.72. The lowest BCUT2D eigenvalue weighted by Gasteiger charge is -2.53. The Morgan fingerprint density at radius 3 is 2.74 bits per heavy atom. The maximum Gasteiger partial charge on any atom is 0.230 e. The van der Waals surface area contributed by atoms with Gasteiger partial charge in [0.2, 0.25) is 11.8 Å². The predicted octanol–water partition coefficient (Wildman–Crippen LogP) is -0.209. The summed E-state index contributed by atoms with van der Waals surface area (Å²) in [5.74, 6) is -0.331. The SMILES string of the molecule is CCCN1CC(F)C[N+]2(C)[N-]C(N)C(C(=O)NC3CNCCC3N3CCC(C(=O)N4CCCOC4)CC3)C12. The van der Waals surface area contributed by atoms with E-state index in [4.69, 9.17) is 15.9 Å². The molecule has 0 aliphatic carbocycles. The van der Waals surface area contributed by atoms with Gasteiger partial charge in [-0.15, -0.1) is 0 Å². The number of ether oxygens (including phenoxy) is 1. The molecular weight excluding hydrogens is 491 g/mol. The fourth-order valence-electron chi connectivity index (χ4n) is 7.54. The van der Waals surface area contributed by atoms with Crippen molar-refractivity contribution in [3.05, 3.63) is 5.43 Å².